The van der Waals surface area contributed by atoms with Gasteiger partial charge in [-0.05, 0) is 57.4 Å². The number of ether oxygens (including phenoxy) is 1. The van der Waals surface area contributed by atoms with Crippen LogP contribution in [0.15, 0.2) is 36.8 Å². The SMILES string of the molecule is CC.Cc1cc(-c2ncnn3cc(C#CCCCO)cc23)ccc1CNC(=O)OC(C)(C)C. The third kappa shape index (κ3) is 7.62. The minimum absolute atomic E-state index is 0.144. The summed E-state index contributed by atoms with van der Waals surface area (Å²) in [5, 5.41) is 16.0. The molecule has 0 radical (unpaired) electrons. The fourth-order valence-electron chi connectivity index (χ4n) is 3.08. The zero-order chi connectivity index (χ0) is 24.4. The van der Waals surface area contributed by atoms with Gasteiger partial charge in [-0.1, -0.05) is 37.8 Å². The van der Waals surface area contributed by atoms with Gasteiger partial charge in [0.25, 0.3) is 0 Å². The van der Waals surface area contributed by atoms with Crippen LogP contribution in [0, 0.1) is 18.8 Å². The Morgan fingerprint density at radius 2 is 2.00 bits per heavy atom. The van der Waals surface area contributed by atoms with Crippen LogP contribution in [0.25, 0.3) is 16.8 Å². The molecule has 3 aromatic rings. The molecule has 2 N–H and O–H groups in total. The van der Waals surface area contributed by atoms with Crippen LogP contribution in [-0.2, 0) is 11.3 Å². The quantitative estimate of drug-likeness (QED) is 0.427. The summed E-state index contributed by atoms with van der Waals surface area (Å²) in [6, 6.07) is 7.99. The number of aliphatic hydroxyl groups is 1. The third-order valence-electron chi connectivity index (χ3n) is 4.54. The fraction of sp³-hybridized carbons (Fsp3) is 0.423. The van der Waals surface area contributed by atoms with Crippen molar-refractivity contribution in [3.63, 3.8) is 0 Å². The largest absolute Gasteiger partial charge is 0.444 e. The van der Waals surface area contributed by atoms with E-state index in [0.29, 0.717) is 19.4 Å². The lowest BCUT2D eigenvalue weighted by Gasteiger charge is -2.20. The van der Waals surface area contributed by atoms with E-state index < -0.39 is 11.7 Å². The van der Waals surface area contributed by atoms with E-state index in [1.54, 1.807) is 4.52 Å². The minimum atomic E-state index is -0.527. The molecule has 1 aromatic carbocycles. The normalized spacial score (nSPS) is 10.6. The van der Waals surface area contributed by atoms with Gasteiger partial charge in [0.1, 0.15) is 11.9 Å². The van der Waals surface area contributed by atoms with Crippen molar-refractivity contribution in [2.24, 2.45) is 0 Å². The summed E-state index contributed by atoms with van der Waals surface area (Å²) in [6.45, 7) is 12.0. The molecule has 0 aliphatic carbocycles. The molecule has 0 bridgehead atoms. The second-order valence-corrected chi connectivity index (χ2v) is 8.29. The van der Waals surface area contributed by atoms with Crippen molar-refractivity contribution in [1.82, 2.24) is 19.9 Å². The first kappa shape index (κ1) is 25.9. The molecular formula is C26H34N4O3. The highest BCUT2D eigenvalue weighted by Gasteiger charge is 2.16. The number of alkyl carbamates (subject to hydrolysis) is 1. The number of carbonyl (C=O) groups is 1. The average molecular weight is 451 g/mol. The van der Waals surface area contributed by atoms with Crippen molar-refractivity contribution >= 4 is 11.6 Å². The van der Waals surface area contributed by atoms with Gasteiger partial charge in [-0.3, -0.25) is 0 Å². The number of unbranched alkanes of at least 4 members (excludes halogenated alkanes) is 1. The predicted molar refractivity (Wildman–Crippen MR) is 131 cm³/mol. The Bertz CT molecular complexity index is 1130. The lowest BCUT2D eigenvalue weighted by molar-refractivity contribution is 0.0523. The summed E-state index contributed by atoms with van der Waals surface area (Å²) in [5.74, 6) is 6.17. The number of fused-ring (bicyclic) bond motifs is 1. The highest BCUT2D eigenvalue weighted by molar-refractivity contribution is 5.78. The minimum Gasteiger partial charge on any atom is -0.444 e. The number of nitrogens with one attached hydrogen (secondary N) is 1. The third-order valence-corrected chi connectivity index (χ3v) is 4.54. The number of aryl methyl sites for hydroxylation is 1. The van der Waals surface area contributed by atoms with Crippen LogP contribution in [0.1, 0.15) is 64.2 Å². The van der Waals surface area contributed by atoms with Gasteiger partial charge in [-0.15, -0.1) is 0 Å². The molecule has 3 rings (SSSR count). The van der Waals surface area contributed by atoms with Crippen LogP contribution in [0.3, 0.4) is 0 Å². The van der Waals surface area contributed by atoms with Gasteiger partial charge in [-0.25, -0.2) is 14.3 Å². The van der Waals surface area contributed by atoms with E-state index in [0.717, 1.165) is 33.5 Å². The summed E-state index contributed by atoms with van der Waals surface area (Å²) >= 11 is 0. The first-order chi connectivity index (χ1) is 15.8. The summed E-state index contributed by atoms with van der Waals surface area (Å²) < 4.78 is 7.06. The number of carbonyl (C=O) groups excluding carboxylic acids is 1. The van der Waals surface area contributed by atoms with E-state index >= 15 is 0 Å². The molecule has 0 atom stereocenters. The van der Waals surface area contributed by atoms with Gasteiger partial charge in [0.15, 0.2) is 0 Å². The second-order valence-electron chi connectivity index (χ2n) is 8.29. The van der Waals surface area contributed by atoms with E-state index in [1.807, 2.05) is 72.0 Å². The van der Waals surface area contributed by atoms with Crippen LogP contribution < -0.4 is 5.32 Å². The molecule has 0 spiro atoms. The Labute approximate surface area is 196 Å². The van der Waals surface area contributed by atoms with Gasteiger partial charge in [-0.2, -0.15) is 5.10 Å². The molecule has 1 amide bonds. The van der Waals surface area contributed by atoms with Crippen molar-refractivity contribution in [1.29, 1.82) is 0 Å². The van der Waals surface area contributed by atoms with Gasteiger partial charge in [0.05, 0.1) is 11.2 Å². The van der Waals surface area contributed by atoms with Crippen molar-refractivity contribution in [3.8, 4) is 23.1 Å². The molecule has 176 valence electrons. The zero-order valence-corrected chi connectivity index (χ0v) is 20.4. The monoisotopic (exact) mass is 450 g/mol. The Balaban J connectivity index is 0.00000187. The second kappa shape index (κ2) is 12.0. The topological polar surface area (TPSA) is 88.8 Å². The first-order valence-electron chi connectivity index (χ1n) is 11.3. The molecule has 0 unspecified atom stereocenters. The molecule has 0 aliphatic rings. The fourth-order valence-corrected chi connectivity index (χ4v) is 3.08. The summed E-state index contributed by atoms with van der Waals surface area (Å²) in [7, 11) is 0. The molecule has 2 heterocycles. The molecule has 0 saturated carbocycles. The molecule has 2 aromatic heterocycles. The highest BCUT2D eigenvalue weighted by atomic mass is 16.6. The Morgan fingerprint density at radius 3 is 2.67 bits per heavy atom. The first-order valence-corrected chi connectivity index (χ1v) is 11.3. The molecule has 0 aliphatic heterocycles. The van der Waals surface area contributed by atoms with Crippen molar-refractivity contribution in [2.45, 2.75) is 66.5 Å². The van der Waals surface area contributed by atoms with E-state index in [4.69, 9.17) is 9.84 Å². The van der Waals surface area contributed by atoms with Crippen molar-refractivity contribution < 1.29 is 14.6 Å². The number of hydrogen-bond acceptors (Lipinski definition) is 5. The number of aliphatic hydroxyl groups excluding tert-OH is 1. The molecule has 7 heteroatoms. The summed E-state index contributed by atoms with van der Waals surface area (Å²) in [4.78, 5) is 16.4. The number of amides is 1. The number of nitrogens with zero attached hydrogens (tertiary/aromatic N) is 3. The van der Waals surface area contributed by atoms with Crippen LogP contribution in [0.5, 0.6) is 0 Å². The van der Waals surface area contributed by atoms with E-state index in [1.165, 1.54) is 6.33 Å². The maximum Gasteiger partial charge on any atom is 0.407 e. The maximum atomic E-state index is 11.9. The van der Waals surface area contributed by atoms with Crippen LogP contribution in [0.2, 0.25) is 0 Å². The van der Waals surface area contributed by atoms with Gasteiger partial charge >= 0.3 is 6.09 Å². The lowest BCUT2D eigenvalue weighted by Crippen LogP contribution is -2.32. The summed E-state index contributed by atoms with van der Waals surface area (Å²) in [5.41, 5.74) is 5.02. The van der Waals surface area contributed by atoms with E-state index in [9.17, 15) is 4.79 Å². The van der Waals surface area contributed by atoms with Crippen LogP contribution in [-0.4, -0.2) is 38.0 Å². The number of aromatic nitrogens is 3. The Kier molecular flexibility index (Phi) is 9.43. The van der Waals surface area contributed by atoms with Crippen molar-refractivity contribution in [2.75, 3.05) is 6.61 Å². The lowest BCUT2D eigenvalue weighted by atomic mass is 10.0. The Hall–Kier alpha value is -3.37. The molecule has 33 heavy (non-hydrogen) atoms. The van der Waals surface area contributed by atoms with Gasteiger partial charge in [0, 0.05) is 36.9 Å². The zero-order valence-electron chi connectivity index (χ0n) is 20.4. The number of rotatable bonds is 5. The summed E-state index contributed by atoms with van der Waals surface area (Å²) in [6.07, 6.45) is 4.28. The van der Waals surface area contributed by atoms with E-state index in [-0.39, 0.29) is 6.61 Å². The molecule has 0 saturated heterocycles. The Morgan fingerprint density at radius 1 is 1.24 bits per heavy atom. The van der Waals surface area contributed by atoms with Gasteiger partial charge in [0.2, 0.25) is 0 Å². The number of hydrogen-bond donors (Lipinski definition) is 2. The van der Waals surface area contributed by atoms with E-state index in [2.05, 4.69) is 27.2 Å². The molecule has 7 nitrogen and oxygen atoms in total. The number of benzene rings is 1. The molecule has 0 fully saturated rings. The molecular weight excluding hydrogens is 416 g/mol. The van der Waals surface area contributed by atoms with Crippen molar-refractivity contribution in [3.05, 3.63) is 53.5 Å². The van der Waals surface area contributed by atoms with Gasteiger partial charge < -0.3 is 15.2 Å². The smallest absolute Gasteiger partial charge is 0.407 e. The van der Waals surface area contributed by atoms with Crippen LogP contribution >= 0.6 is 0 Å². The standard InChI is InChI=1S/C24H28N4O3.C2H6/c1-17-12-19(9-10-20(17)14-25-23(30)31-24(2,3)4)22-21-13-18(8-6-5-7-11-29)15-28(21)27-16-26-22;1-2/h9-10,12-13,15-16,29H,5,7,11,14H2,1-4H3,(H,25,30);1-2H3. The predicted octanol–water partition coefficient (Wildman–Crippen LogP) is 4.88. The highest BCUT2D eigenvalue weighted by Crippen LogP contribution is 2.25. The average Bonchev–Trinajstić information content (AvgIpc) is 3.19. The van der Waals surface area contributed by atoms with Crippen LogP contribution in [0.4, 0.5) is 4.79 Å². The maximum absolute atomic E-state index is 11.9.